The van der Waals surface area contributed by atoms with Crippen LogP contribution in [0.5, 0.6) is 0 Å². The molecule has 4 heterocycles. The molecule has 5 fully saturated rings. The largest absolute Gasteiger partial charge is 0.416 e. The first-order valence-corrected chi connectivity index (χ1v) is 11.7. The zero-order valence-electron chi connectivity index (χ0n) is 18.4. The minimum absolute atomic E-state index is 0.0349. The SMILES string of the molecule is C[C@@H]1CC[C@H]2[C@@H](CCCc3ccc(C(F)(F)F)cc3)C(O)O[C@@H]3O[C@@]4(C)CC[C@@H]1[C@]32OO4. The lowest BCUT2D eigenvalue weighted by Gasteiger charge is -2.60. The van der Waals surface area contributed by atoms with Gasteiger partial charge >= 0.3 is 6.18 Å². The highest BCUT2D eigenvalue weighted by Crippen LogP contribution is 2.60. The Morgan fingerprint density at radius 2 is 1.81 bits per heavy atom. The molecule has 5 nitrogen and oxygen atoms in total. The number of benzene rings is 1. The number of halogens is 3. The van der Waals surface area contributed by atoms with E-state index in [2.05, 4.69) is 6.92 Å². The Balaban J connectivity index is 1.31. The fourth-order valence-electron chi connectivity index (χ4n) is 6.48. The first-order chi connectivity index (χ1) is 15.1. The van der Waals surface area contributed by atoms with Gasteiger partial charge in [-0.05, 0) is 75.0 Å². The molecule has 1 N–H and O–H groups in total. The van der Waals surface area contributed by atoms with Crippen molar-refractivity contribution in [3.05, 3.63) is 35.4 Å². The summed E-state index contributed by atoms with van der Waals surface area (Å²) in [5, 5.41) is 10.9. The quantitative estimate of drug-likeness (QED) is 0.631. The van der Waals surface area contributed by atoms with Crippen molar-refractivity contribution in [1.82, 2.24) is 0 Å². The van der Waals surface area contributed by atoms with Crippen molar-refractivity contribution < 1.29 is 37.5 Å². The first kappa shape index (κ1) is 22.6. The number of rotatable bonds is 4. The molecular formula is C24H31F3O5. The number of aliphatic hydroxyl groups is 1. The lowest BCUT2D eigenvalue weighted by Crippen LogP contribution is -2.70. The van der Waals surface area contributed by atoms with Gasteiger partial charge in [0.15, 0.2) is 18.2 Å². The Morgan fingerprint density at radius 1 is 1.06 bits per heavy atom. The van der Waals surface area contributed by atoms with Gasteiger partial charge in [-0.2, -0.15) is 13.2 Å². The average molecular weight is 457 g/mol. The molecular weight excluding hydrogens is 425 g/mol. The van der Waals surface area contributed by atoms with Crippen LogP contribution < -0.4 is 0 Å². The standard InChI is InChI=1S/C24H31F3O5/c1-14-6-11-19-17(5-3-4-15-7-9-16(10-8-15)24(25,26)27)20(28)29-21-23(19)18(14)12-13-22(2,30-21)31-32-23/h7-10,14,17-21,28H,3-6,11-13H2,1-2H3/t14-,17-,18+,19+,20?,21-,22-,23-/m1/s1. The Bertz CT molecular complexity index is 830. The Labute approximate surface area is 186 Å². The highest BCUT2D eigenvalue weighted by atomic mass is 19.4. The van der Waals surface area contributed by atoms with Crippen molar-refractivity contribution in [1.29, 1.82) is 0 Å². The molecule has 0 radical (unpaired) electrons. The van der Waals surface area contributed by atoms with Gasteiger partial charge in [0.1, 0.15) is 0 Å². The summed E-state index contributed by atoms with van der Waals surface area (Å²) in [6.45, 7) is 4.09. The van der Waals surface area contributed by atoms with E-state index >= 15 is 0 Å². The number of aliphatic hydroxyl groups excluding tert-OH is 1. The fourth-order valence-corrected chi connectivity index (χ4v) is 6.48. The van der Waals surface area contributed by atoms with Crippen LogP contribution >= 0.6 is 0 Å². The van der Waals surface area contributed by atoms with E-state index in [1.807, 2.05) is 6.92 Å². The summed E-state index contributed by atoms with van der Waals surface area (Å²) in [6, 6.07) is 5.30. The molecule has 1 aromatic carbocycles. The van der Waals surface area contributed by atoms with Crippen LogP contribution in [-0.4, -0.2) is 29.1 Å². The van der Waals surface area contributed by atoms with Crippen LogP contribution in [0.15, 0.2) is 24.3 Å². The van der Waals surface area contributed by atoms with Crippen molar-refractivity contribution >= 4 is 0 Å². The number of alkyl halides is 3. The fraction of sp³-hybridized carbons (Fsp3) is 0.750. The van der Waals surface area contributed by atoms with E-state index < -0.39 is 35.7 Å². The van der Waals surface area contributed by atoms with Crippen LogP contribution in [0.2, 0.25) is 0 Å². The Hall–Kier alpha value is -1.19. The molecule has 1 aliphatic carbocycles. The first-order valence-electron chi connectivity index (χ1n) is 11.7. The molecule has 8 atom stereocenters. The smallest absolute Gasteiger partial charge is 0.368 e. The van der Waals surface area contributed by atoms with E-state index in [4.69, 9.17) is 19.2 Å². The van der Waals surface area contributed by atoms with Gasteiger partial charge in [0.2, 0.25) is 5.79 Å². The Kier molecular flexibility index (Phi) is 5.61. The van der Waals surface area contributed by atoms with Crippen LogP contribution in [0.3, 0.4) is 0 Å². The molecule has 5 aliphatic rings. The summed E-state index contributed by atoms with van der Waals surface area (Å²) >= 11 is 0. The summed E-state index contributed by atoms with van der Waals surface area (Å²) in [7, 11) is 0. The molecule has 1 unspecified atom stereocenters. The second-order valence-corrected chi connectivity index (χ2v) is 10.2. The molecule has 8 heteroatoms. The molecule has 6 rings (SSSR count). The summed E-state index contributed by atoms with van der Waals surface area (Å²) < 4.78 is 50.6. The summed E-state index contributed by atoms with van der Waals surface area (Å²) in [4.78, 5) is 11.9. The number of ether oxygens (including phenoxy) is 2. The van der Waals surface area contributed by atoms with Gasteiger partial charge in [0.05, 0.1) is 5.56 Å². The second kappa shape index (κ2) is 7.94. The average Bonchev–Trinajstić information content (AvgIpc) is 2.96. The monoisotopic (exact) mass is 456 g/mol. The van der Waals surface area contributed by atoms with Crippen LogP contribution in [0.4, 0.5) is 13.2 Å². The zero-order valence-corrected chi connectivity index (χ0v) is 18.4. The summed E-state index contributed by atoms with van der Waals surface area (Å²) in [5.74, 6) is -0.321. The van der Waals surface area contributed by atoms with E-state index in [-0.39, 0.29) is 17.8 Å². The van der Waals surface area contributed by atoms with E-state index in [0.29, 0.717) is 25.2 Å². The summed E-state index contributed by atoms with van der Waals surface area (Å²) in [5.41, 5.74) is -0.521. The van der Waals surface area contributed by atoms with E-state index in [0.717, 1.165) is 43.4 Å². The topological polar surface area (TPSA) is 57.2 Å². The van der Waals surface area contributed by atoms with Crippen LogP contribution in [-0.2, 0) is 31.8 Å². The molecule has 4 aliphatic heterocycles. The number of hydrogen-bond donors (Lipinski definition) is 1. The highest BCUT2D eigenvalue weighted by molar-refractivity contribution is 5.24. The van der Waals surface area contributed by atoms with Gasteiger partial charge in [-0.15, -0.1) is 0 Å². The van der Waals surface area contributed by atoms with Crippen molar-refractivity contribution in [3.8, 4) is 0 Å². The van der Waals surface area contributed by atoms with Crippen molar-refractivity contribution in [3.63, 3.8) is 0 Å². The number of hydrogen-bond acceptors (Lipinski definition) is 5. The predicted octanol–water partition coefficient (Wildman–Crippen LogP) is 5.21. The third-order valence-electron chi connectivity index (χ3n) is 8.21. The highest BCUT2D eigenvalue weighted by Gasteiger charge is 2.69. The van der Waals surface area contributed by atoms with E-state index in [9.17, 15) is 18.3 Å². The second-order valence-electron chi connectivity index (χ2n) is 10.2. The Morgan fingerprint density at radius 3 is 2.53 bits per heavy atom. The summed E-state index contributed by atoms with van der Waals surface area (Å²) in [6.07, 6.45) is -0.341. The molecule has 4 saturated heterocycles. The van der Waals surface area contributed by atoms with Gasteiger partial charge < -0.3 is 14.6 Å². The maximum atomic E-state index is 12.8. The molecule has 0 aromatic heterocycles. The van der Waals surface area contributed by atoms with Gasteiger partial charge in [-0.25, -0.2) is 9.78 Å². The van der Waals surface area contributed by atoms with Crippen molar-refractivity contribution in [2.45, 2.75) is 88.9 Å². The van der Waals surface area contributed by atoms with Crippen LogP contribution in [0, 0.1) is 23.7 Å². The number of fused-ring (bicyclic) bond motifs is 2. The molecule has 1 saturated carbocycles. The third kappa shape index (κ3) is 3.68. The molecule has 32 heavy (non-hydrogen) atoms. The van der Waals surface area contributed by atoms with E-state index in [1.165, 1.54) is 12.1 Å². The molecule has 0 amide bonds. The lowest BCUT2D eigenvalue weighted by atomic mass is 9.57. The minimum atomic E-state index is -4.33. The zero-order chi connectivity index (χ0) is 22.7. The molecule has 1 spiro atoms. The van der Waals surface area contributed by atoms with Crippen molar-refractivity contribution in [2.75, 3.05) is 0 Å². The number of aryl methyl sites for hydroxylation is 1. The van der Waals surface area contributed by atoms with Gasteiger partial charge in [0.25, 0.3) is 0 Å². The van der Waals surface area contributed by atoms with E-state index in [1.54, 1.807) is 0 Å². The van der Waals surface area contributed by atoms with Crippen LogP contribution in [0.25, 0.3) is 0 Å². The lowest BCUT2D eigenvalue weighted by molar-refractivity contribution is -0.577. The van der Waals surface area contributed by atoms with Crippen molar-refractivity contribution in [2.24, 2.45) is 23.7 Å². The molecule has 178 valence electrons. The normalized spacial score (nSPS) is 43.6. The van der Waals surface area contributed by atoms with Gasteiger partial charge in [-0.3, -0.25) is 0 Å². The van der Waals surface area contributed by atoms with Gasteiger partial charge in [0, 0.05) is 18.3 Å². The minimum Gasteiger partial charge on any atom is -0.368 e. The molecule has 1 aromatic rings. The third-order valence-corrected chi connectivity index (χ3v) is 8.21. The maximum absolute atomic E-state index is 12.8. The van der Waals surface area contributed by atoms with Gasteiger partial charge in [-0.1, -0.05) is 19.1 Å². The van der Waals surface area contributed by atoms with Crippen LogP contribution in [0.1, 0.15) is 63.5 Å². The molecule has 2 bridgehead atoms. The predicted molar refractivity (Wildman–Crippen MR) is 108 cm³/mol. The maximum Gasteiger partial charge on any atom is 0.416 e.